The second-order valence-corrected chi connectivity index (χ2v) is 10.1. The smallest absolute Gasteiger partial charge is 0.242 e. The Morgan fingerprint density at radius 2 is 1.73 bits per heavy atom. The van der Waals surface area contributed by atoms with E-state index in [-0.39, 0.29) is 11.9 Å². The van der Waals surface area contributed by atoms with E-state index in [1.807, 2.05) is 100 Å². The van der Waals surface area contributed by atoms with Crippen LogP contribution in [0.4, 0.5) is 0 Å². The van der Waals surface area contributed by atoms with Crippen LogP contribution in [0.15, 0.2) is 95.5 Å². The van der Waals surface area contributed by atoms with E-state index in [9.17, 15) is 4.79 Å². The van der Waals surface area contributed by atoms with Crippen LogP contribution in [0.3, 0.4) is 0 Å². The van der Waals surface area contributed by atoms with Crippen molar-refractivity contribution in [1.29, 1.82) is 0 Å². The van der Waals surface area contributed by atoms with Crippen molar-refractivity contribution >= 4 is 27.8 Å². The number of fused-ring (bicyclic) bond motifs is 2. The zero-order chi connectivity index (χ0) is 25.8. The molecule has 1 unspecified atom stereocenters. The summed E-state index contributed by atoms with van der Waals surface area (Å²) in [5.74, 6) is 0.756. The lowest BCUT2D eigenvalue weighted by Crippen LogP contribution is -2.63. The van der Waals surface area contributed by atoms with Gasteiger partial charge in [0.25, 0.3) is 0 Å². The lowest BCUT2D eigenvalue weighted by molar-refractivity contribution is -0.129. The SMILES string of the molecule is C[C@H](NC(=O)C(Cc1c[nH]c2ccccc12)(CN(C)C)NCc1cc2ccccc2o1)c1ccccc1. The first kappa shape index (κ1) is 24.8. The molecule has 6 heteroatoms. The Bertz CT molecular complexity index is 1450. The predicted molar refractivity (Wildman–Crippen MR) is 149 cm³/mol. The molecule has 0 saturated carbocycles. The number of furan rings is 1. The summed E-state index contributed by atoms with van der Waals surface area (Å²) in [7, 11) is 4.00. The van der Waals surface area contributed by atoms with E-state index in [1.54, 1.807) is 0 Å². The normalized spacial score (nSPS) is 14.2. The average molecular weight is 495 g/mol. The largest absolute Gasteiger partial charge is 0.460 e. The number of aromatic nitrogens is 1. The van der Waals surface area contributed by atoms with Crippen LogP contribution in [0.1, 0.15) is 29.9 Å². The summed E-state index contributed by atoms with van der Waals surface area (Å²) in [6.07, 6.45) is 2.54. The van der Waals surface area contributed by atoms with Gasteiger partial charge >= 0.3 is 0 Å². The summed E-state index contributed by atoms with van der Waals surface area (Å²) in [4.78, 5) is 19.6. The summed E-state index contributed by atoms with van der Waals surface area (Å²) in [6.45, 7) is 2.97. The Labute approximate surface area is 217 Å². The van der Waals surface area contributed by atoms with Crippen LogP contribution in [0.5, 0.6) is 0 Å². The molecule has 0 saturated heterocycles. The van der Waals surface area contributed by atoms with Gasteiger partial charge in [0.15, 0.2) is 0 Å². The fourth-order valence-electron chi connectivity index (χ4n) is 5.09. The molecule has 0 aliphatic rings. The number of carbonyl (C=O) groups excluding carboxylic acids is 1. The Kier molecular flexibility index (Phi) is 7.12. The molecule has 0 radical (unpaired) electrons. The van der Waals surface area contributed by atoms with Crippen molar-refractivity contribution in [1.82, 2.24) is 20.5 Å². The zero-order valence-corrected chi connectivity index (χ0v) is 21.6. The van der Waals surface area contributed by atoms with E-state index in [4.69, 9.17) is 4.42 Å². The number of likely N-dealkylation sites (N-methyl/N-ethyl adjacent to an activating group) is 1. The number of nitrogens with one attached hydrogen (secondary N) is 3. The van der Waals surface area contributed by atoms with Crippen molar-refractivity contribution in [3.8, 4) is 0 Å². The van der Waals surface area contributed by atoms with Gasteiger partial charge in [0.05, 0.1) is 12.6 Å². The molecule has 1 amide bonds. The van der Waals surface area contributed by atoms with Gasteiger partial charge in [-0.1, -0.05) is 66.7 Å². The number of aromatic amines is 1. The quantitative estimate of drug-likeness (QED) is 0.242. The minimum atomic E-state index is -0.906. The predicted octanol–water partition coefficient (Wildman–Crippen LogP) is 5.42. The van der Waals surface area contributed by atoms with Gasteiger partial charge in [0.1, 0.15) is 16.9 Å². The number of para-hydroxylation sites is 2. The molecular weight excluding hydrogens is 460 g/mol. The Morgan fingerprint density at radius 3 is 2.51 bits per heavy atom. The van der Waals surface area contributed by atoms with E-state index in [2.05, 4.69) is 32.7 Å². The molecule has 5 aromatic rings. The summed E-state index contributed by atoms with van der Waals surface area (Å²) >= 11 is 0. The van der Waals surface area contributed by atoms with Crippen molar-refractivity contribution in [2.45, 2.75) is 31.5 Å². The maximum atomic E-state index is 14.2. The topological polar surface area (TPSA) is 73.3 Å². The van der Waals surface area contributed by atoms with Gasteiger partial charge in [0.2, 0.25) is 5.91 Å². The standard InChI is InChI=1S/C31H34N4O2/c1-22(23-11-5-4-6-12-23)34-30(36)31(21-35(2)3,18-25-19-32-28-15-9-8-14-27(25)28)33-20-26-17-24-13-7-10-16-29(24)37-26/h4-17,19,22,32-33H,18,20-21H2,1-3H3,(H,34,36)/t22-,31?/m0/s1. The van der Waals surface area contributed by atoms with Gasteiger partial charge in [-0.05, 0) is 50.3 Å². The van der Waals surface area contributed by atoms with Crippen LogP contribution in [0.2, 0.25) is 0 Å². The minimum Gasteiger partial charge on any atom is -0.460 e. The van der Waals surface area contributed by atoms with Crippen molar-refractivity contribution in [3.05, 3.63) is 108 Å². The number of hydrogen-bond donors (Lipinski definition) is 3. The van der Waals surface area contributed by atoms with Crippen molar-refractivity contribution in [2.24, 2.45) is 0 Å². The first-order chi connectivity index (χ1) is 17.9. The molecule has 2 aromatic heterocycles. The van der Waals surface area contributed by atoms with Gasteiger partial charge in [-0.2, -0.15) is 0 Å². The number of nitrogens with zero attached hydrogens (tertiary/aromatic N) is 1. The summed E-state index contributed by atoms with van der Waals surface area (Å²) in [5.41, 5.74) is 3.16. The molecular formula is C31H34N4O2. The van der Waals surface area contributed by atoms with Gasteiger partial charge < -0.3 is 19.6 Å². The van der Waals surface area contributed by atoms with E-state index < -0.39 is 5.54 Å². The molecule has 2 heterocycles. The lowest BCUT2D eigenvalue weighted by Gasteiger charge is -2.37. The first-order valence-electron chi connectivity index (χ1n) is 12.7. The third-order valence-electron chi connectivity index (χ3n) is 6.91. The van der Waals surface area contributed by atoms with Gasteiger partial charge in [0, 0.05) is 35.5 Å². The Balaban J connectivity index is 1.50. The molecule has 0 fully saturated rings. The number of hydrogen-bond acceptors (Lipinski definition) is 4. The molecule has 0 bridgehead atoms. The van der Waals surface area contributed by atoms with E-state index in [0.29, 0.717) is 19.5 Å². The van der Waals surface area contributed by atoms with Crippen LogP contribution < -0.4 is 10.6 Å². The fourth-order valence-corrected chi connectivity index (χ4v) is 5.09. The maximum Gasteiger partial charge on any atom is 0.242 e. The Hall–Kier alpha value is -3.87. The van der Waals surface area contributed by atoms with Crippen molar-refractivity contribution in [2.75, 3.05) is 20.6 Å². The van der Waals surface area contributed by atoms with E-state index >= 15 is 0 Å². The van der Waals surface area contributed by atoms with Crippen molar-refractivity contribution < 1.29 is 9.21 Å². The maximum absolute atomic E-state index is 14.2. The molecule has 37 heavy (non-hydrogen) atoms. The van der Waals surface area contributed by atoms with Crippen molar-refractivity contribution in [3.63, 3.8) is 0 Å². The summed E-state index contributed by atoms with van der Waals surface area (Å²) < 4.78 is 6.09. The summed E-state index contributed by atoms with van der Waals surface area (Å²) in [6, 6.07) is 28.2. The summed E-state index contributed by atoms with van der Waals surface area (Å²) in [5, 5.41) is 9.11. The number of benzene rings is 3. The van der Waals surface area contributed by atoms with E-state index in [0.717, 1.165) is 38.8 Å². The van der Waals surface area contributed by atoms with Crippen LogP contribution in [0.25, 0.3) is 21.9 Å². The van der Waals surface area contributed by atoms with Crippen LogP contribution in [0, 0.1) is 0 Å². The highest BCUT2D eigenvalue weighted by molar-refractivity contribution is 5.89. The molecule has 0 aliphatic carbocycles. The van der Waals surface area contributed by atoms with E-state index in [1.165, 1.54) is 0 Å². The van der Waals surface area contributed by atoms with Gasteiger partial charge in [-0.3, -0.25) is 10.1 Å². The second kappa shape index (κ2) is 10.6. The monoisotopic (exact) mass is 494 g/mol. The highest BCUT2D eigenvalue weighted by Crippen LogP contribution is 2.26. The first-order valence-corrected chi connectivity index (χ1v) is 12.7. The lowest BCUT2D eigenvalue weighted by atomic mass is 9.88. The third kappa shape index (κ3) is 5.45. The molecule has 5 rings (SSSR count). The average Bonchev–Trinajstić information content (AvgIpc) is 3.51. The highest BCUT2D eigenvalue weighted by atomic mass is 16.3. The third-order valence-corrected chi connectivity index (χ3v) is 6.91. The number of carbonyl (C=O) groups is 1. The van der Waals surface area contributed by atoms with Crippen LogP contribution in [-0.4, -0.2) is 42.0 Å². The molecule has 0 spiro atoms. The second-order valence-electron chi connectivity index (χ2n) is 10.1. The van der Waals surface area contributed by atoms with Gasteiger partial charge in [-0.15, -0.1) is 0 Å². The minimum absolute atomic E-state index is 0.0426. The molecule has 3 aromatic carbocycles. The molecule has 6 nitrogen and oxygen atoms in total. The molecule has 2 atom stereocenters. The number of H-pyrrole nitrogens is 1. The zero-order valence-electron chi connectivity index (χ0n) is 21.6. The molecule has 190 valence electrons. The highest BCUT2D eigenvalue weighted by Gasteiger charge is 2.40. The fraction of sp³-hybridized carbons (Fsp3) is 0.258. The van der Waals surface area contributed by atoms with Gasteiger partial charge in [-0.25, -0.2) is 0 Å². The number of rotatable bonds is 10. The van der Waals surface area contributed by atoms with Crippen LogP contribution in [-0.2, 0) is 17.8 Å². The van der Waals surface area contributed by atoms with Crippen LogP contribution >= 0.6 is 0 Å². The molecule has 0 aliphatic heterocycles. The molecule has 3 N–H and O–H groups in total. The number of amides is 1. The Morgan fingerprint density at radius 1 is 1.00 bits per heavy atom.